The summed E-state index contributed by atoms with van der Waals surface area (Å²) in [4.78, 5) is 19.4. The van der Waals surface area contributed by atoms with E-state index in [9.17, 15) is 21.6 Å². The Kier molecular flexibility index (Phi) is 8.72. The molecular formula is C22H27ClFN7O6S2. The SMILES string of the molecule is CC(CNc1nccc(-c2cn(C(C)C)nc2-c2cc(Cl)cc(N(S(C)(=O)=O)S(C)(=O)=O)c2F)n1)NC(=O)O. The van der Waals surface area contributed by atoms with Gasteiger partial charge in [0, 0.05) is 47.2 Å². The molecule has 3 N–H and O–H groups in total. The van der Waals surface area contributed by atoms with Gasteiger partial charge in [0.1, 0.15) is 11.4 Å². The lowest BCUT2D eigenvalue weighted by Crippen LogP contribution is -2.36. The van der Waals surface area contributed by atoms with Crippen LogP contribution in [0.2, 0.25) is 5.02 Å². The molecule has 0 saturated heterocycles. The van der Waals surface area contributed by atoms with Crippen molar-refractivity contribution in [3.63, 3.8) is 0 Å². The number of nitrogens with one attached hydrogen (secondary N) is 2. The highest BCUT2D eigenvalue weighted by Crippen LogP contribution is 2.39. The monoisotopic (exact) mass is 603 g/mol. The van der Waals surface area contributed by atoms with Crippen molar-refractivity contribution in [3.8, 4) is 22.5 Å². The summed E-state index contributed by atoms with van der Waals surface area (Å²) in [5, 5.41) is 18.4. The second-order valence-corrected chi connectivity index (χ2v) is 13.3. The summed E-state index contributed by atoms with van der Waals surface area (Å²) in [7, 11) is -8.92. The number of nitrogens with zero attached hydrogens (tertiary/aromatic N) is 5. The Labute approximate surface area is 230 Å². The summed E-state index contributed by atoms with van der Waals surface area (Å²) in [5.41, 5.74) is -0.382. The third-order valence-electron chi connectivity index (χ3n) is 5.20. The molecule has 212 valence electrons. The van der Waals surface area contributed by atoms with Gasteiger partial charge in [-0.3, -0.25) is 4.68 Å². The first-order valence-electron chi connectivity index (χ1n) is 11.3. The highest BCUT2D eigenvalue weighted by Gasteiger charge is 2.32. The maximum atomic E-state index is 16.0. The average Bonchev–Trinajstić information content (AvgIpc) is 3.23. The average molecular weight is 604 g/mol. The fourth-order valence-corrected chi connectivity index (χ4v) is 6.79. The van der Waals surface area contributed by atoms with Crippen molar-refractivity contribution < 1.29 is 31.1 Å². The second kappa shape index (κ2) is 11.3. The van der Waals surface area contributed by atoms with E-state index in [1.807, 2.05) is 13.8 Å². The number of aromatic nitrogens is 4. The van der Waals surface area contributed by atoms with Crippen molar-refractivity contribution in [2.75, 3.05) is 28.1 Å². The van der Waals surface area contributed by atoms with Gasteiger partial charge in [0.15, 0.2) is 5.82 Å². The minimum Gasteiger partial charge on any atom is -0.465 e. The number of hydrogen-bond acceptors (Lipinski definition) is 9. The molecule has 0 bridgehead atoms. The largest absolute Gasteiger partial charge is 0.465 e. The van der Waals surface area contributed by atoms with Crippen LogP contribution in [0.4, 0.5) is 20.8 Å². The molecule has 0 fully saturated rings. The predicted molar refractivity (Wildman–Crippen MR) is 145 cm³/mol. The molecule has 0 saturated carbocycles. The van der Waals surface area contributed by atoms with Gasteiger partial charge in [0.25, 0.3) is 0 Å². The van der Waals surface area contributed by atoms with Crippen LogP contribution in [0.1, 0.15) is 26.8 Å². The van der Waals surface area contributed by atoms with Gasteiger partial charge in [0.2, 0.25) is 26.0 Å². The molecule has 0 aliphatic rings. The van der Waals surface area contributed by atoms with Crippen LogP contribution in [0, 0.1) is 5.82 Å². The molecule has 0 aliphatic heterocycles. The van der Waals surface area contributed by atoms with Crippen LogP contribution in [0.3, 0.4) is 0 Å². The fraction of sp³-hybridized carbons (Fsp3) is 0.364. The van der Waals surface area contributed by atoms with Gasteiger partial charge < -0.3 is 15.7 Å². The topological polar surface area (TPSA) is 176 Å². The van der Waals surface area contributed by atoms with E-state index in [0.717, 1.165) is 6.07 Å². The van der Waals surface area contributed by atoms with Crippen molar-refractivity contribution in [2.24, 2.45) is 0 Å². The maximum absolute atomic E-state index is 16.0. The Morgan fingerprint density at radius 3 is 2.36 bits per heavy atom. The summed E-state index contributed by atoms with van der Waals surface area (Å²) >= 11 is 6.21. The van der Waals surface area contributed by atoms with Crippen molar-refractivity contribution in [1.29, 1.82) is 0 Å². The van der Waals surface area contributed by atoms with Crippen molar-refractivity contribution in [3.05, 3.63) is 41.4 Å². The molecule has 0 aliphatic carbocycles. The molecule has 3 aromatic rings. The smallest absolute Gasteiger partial charge is 0.404 e. The number of halogens is 2. The van der Waals surface area contributed by atoms with Gasteiger partial charge in [-0.15, -0.1) is 0 Å². The molecule has 2 heterocycles. The molecule has 0 spiro atoms. The lowest BCUT2D eigenvalue weighted by Gasteiger charge is -2.21. The lowest BCUT2D eigenvalue weighted by atomic mass is 10.0. The van der Waals surface area contributed by atoms with E-state index in [1.165, 1.54) is 23.0 Å². The Hall–Kier alpha value is -3.50. The number of amides is 1. The van der Waals surface area contributed by atoms with Gasteiger partial charge in [-0.1, -0.05) is 11.6 Å². The molecule has 2 aromatic heterocycles. The summed E-state index contributed by atoms with van der Waals surface area (Å²) in [6.45, 7) is 5.48. The predicted octanol–water partition coefficient (Wildman–Crippen LogP) is 3.17. The Morgan fingerprint density at radius 2 is 1.79 bits per heavy atom. The molecule has 1 unspecified atom stereocenters. The molecule has 1 atom stereocenters. The van der Waals surface area contributed by atoms with E-state index < -0.39 is 43.7 Å². The number of benzene rings is 1. The Morgan fingerprint density at radius 1 is 1.15 bits per heavy atom. The number of carbonyl (C=O) groups is 1. The van der Waals surface area contributed by atoms with E-state index in [2.05, 4.69) is 25.7 Å². The van der Waals surface area contributed by atoms with E-state index in [-0.39, 0.29) is 38.5 Å². The van der Waals surface area contributed by atoms with Crippen LogP contribution >= 0.6 is 11.6 Å². The van der Waals surface area contributed by atoms with Crippen molar-refractivity contribution in [1.82, 2.24) is 25.1 Å². The molecule has 13 nitrogen and oxygen atoms in total. The van der Waals surface area contributed by atoms with Crippen molar-refractivity contribution >= 4 is 49.4 Å². The quantitative estimate of drug-likeness (QED) is 0.312. The first kappa shape index (κ1) is 30.0. The fourth-order valence-electron chi connectivity index (χ4n) is 3.63. The number of hydrogen-bond donors (Lipinski definition) is 3. The Balaban J connectivity index is 2.18. The normalized spacial score (nSPS) is 12.8. The molecular weight excluding hydrogens is 577 g/mol. The molecule has 1 amide bonds. The third-order valence-corrected chi connectivity index (χ3v) is 8.64. The van der Waals surface area contributed by atoms with Crippen molar-refractivity contribution in [2.45, 2.75) is 32.9 Å². The van der Waals surface area contributed by atoms with E-state index in [0.29, 0.717) is 23.8 Å². The summed E-state index contributed by atoms with van der Waals surface area (Å²) < 4.78 is 66.8. The van der Waals surface area contributed by atoms with E-state index in [1.54, 1.807) is 13.1 Å². The van der Waals surface area contributed by atoms with Crippen LogP contribution in [0.5, 0.6) is 0 Å². The second-order valence-electron chi connectivity index (χ2n) is 8.97. The van der Waals surface area contributed by atoms with Crippen LogP contribution in [-0.4, -0.2) is 72.9 Å². The van der Waals surface area contributed by atoms with Crippen LogP contribution < -0.4 is 14.3 Å². The molecule has 39 heavy (non-hydrogen) atoms. The number of sulfonamides is 2. The van der Waals surface area contributed by atoms with Gasteiger partial charge in [-0.25, -0.2) is 36.0 Å². The van der Waals surface area contributed by atoms with Crippen LogP contribution in [-0.2, 0) is 20.0 Å². The summed E-state index contributed by atoms with van der Waals surface area (Å²) in [6.07, 6.45) is 3.12. The highest BCUT2D eigenvalue weighted by molar-refractivity contribution is 8.09. The zero-order chi connectivity index (χ0) is 29.3. The van der Waals surface area contributed by atoms with Gasteiger partial charge in [-0.05, 0) is 39.0 Å². The van der Waals surface area contributed by atoms with Crippen LogP contribution in [0.15, 0.2) is 30.6 Å². The van der Waals surface area contributed by atoms with Crippen LogP contribution in [0.25, 0.3) is 22.5 Å². The lowest BCUT2D eigenvalue weighted by molar-refractivity contribution is 0.191. The minimum absolute atomic E-state index is 0.0249. The first-order chi connectivity index (χ1) is 18.0. The number of rotatable bonds is 10. The number of anilines is 2. The maximum Gasteiger partial charge on any atom is 0.404 e. The van der Waals surface area contributed by atoms with Gasteiger partial charge in [0.05, 0.1) is 18.2 Å². The zero-order valence-electron chi connectivity index (χ0n) is 21.5. The first-order valence-corrected chi connectivity index (χ1v) is 15.4. The summed E-state index contributed by atoms with van der Waals surface area (Å²) in [6, 6.07) is 3.02. The zero-order valence-corrected chi connectivity index (χ0v) is 23.9. The number of carboxylic acid groups (broad SMARTS) is 1. The minimum atomic E-state index is -4.46. The third kappa shape index (κ3) is 7.13. The molecule has 0 radical (unpaired) electrons. The summed E-state index contributed by atoms with van der Waals surface area (Å²) in [5.74, 6) is -1.02. The highest BCUT2D eigenvalue weighted by atomic mass is 35.5. The molecule has 1 aromatic carbocycles. The van der Waals surface area contributed by atoms with E-state index >= 15 is 4.39 Å². The molecule has 3 rings (SSSR count). The Bertz CT molecular complexity index is 1580. The van der Waals surface area contributed by atoms with E-state index in [4.69, 9.17) is 16.7 Å². The molecule has 17 heteroatoms. The van der Waals surface area contributed by atoms with Gasteiger partial charge >= 0.3 is 6.09 Å². The standard InChI is InChI=1S/C22H27ClFN7O6S2/c1-12(2)30-11-16(17-6-7-25-21(28-17)26-10-13(3)27-22(32)33)20(29-30)15-8-14(23)9-18(19(15)24)31(38(4,34)35)39(5,36)37/h6-9,11-13,27H,10H2,1-5H3,(H,32,33)(H,25,26,28). The van der Waals surface area contributed by atoms with Gasteiger partial charge in [-0.2, -0.15) is 8.81 Å².